The smallest absolute Gasteiger partial charge is 0.141 e. The number of pyridine rings is 1. The van der Waals surface area contributed by atoms with E-state index in [1.54, 1.807) is 24.3 Å². The van der Waals surface area contributed by atoms with Crippen LogP contribution in [0, 0.1) is 12.7 Å². The fraction of sp³-hybridized carbons (Fsp3) is 0.263. The first kappa shape index (κ1) is 18.2. The Morgan fingerprint density at radius 2 is 2.04 bits per heavy atom. The number of nitrogens with one attached hydrogen (secondary N) is 2. The molecule has 0 spiro atoms. The van der Waals surface area contributed by atoms with E-state index in [9.17, 15) is 4.39 Å². The minimum atomic E-state index is -0.466. The topological polar surface area (TPSA) is 62.8 Å². The molecule has 1 aliphatic heterocycles. The molecule has 0 radical (unpaired) electrons. The number of nitrogens with zero attached hydrogens (tertiary/aromatic N) is 2. The molecule has 8 heteroatoms. The van der Waals surface area contributed by atoms with Crippen LogP contribution in [0.15, 0.2) is 30.3 Å². The number of ether oxygens (including phenoxy) is 1. The van der Waals surface area contributed by atoms with E-state index in [4.69, 9.17) is 32.9 Å². The summed E-state index contributed by atoms with van der Waals surface area (Å²) in [6.45, 7) is 2.98. The van der Waals surface area contributed by atoms with Gasteiger partial charge in [0.05, 0.1) is 40.3 Å². The first-order valence-corrected chi connectivity index (χ1v) is 9.27. The Labute approximate surface area is 165 Å². The molecule has 3 aromatic rings. The van der Waals surface area contributed by atoms with Gasteiger partial charge < -0.3 is 15.0 Å². The highest BCUT2D eigenvalue weighted by molar-refractivity contribution is 6.31. The van der Waals surface area contributed by atoms with Crippen LogP contribution in [0.3, 0.4) is 0 Å². The normalized spacial score (nSPS) is 14.7. The summed E-state index contributed by atoms with van der Waals surface area (Å²) in [5.74, 6) is 0.863. The number of fused-ring (bicyclic) bond motifs is 1. The summed E-state index contributed by atoms with van der Waals surface area (Å²) in [6, 6.07) is 7.80. The van der Waals surface area contributed by atoms with Gasteiger partial charge in [-0.25, -0.2) is 14.4 Å². The van der Waals surface area contributed by atoms with Gasteiger partial charge >= 0.3 is 0 Å². The number of benzene rings is 1. The molecule has 5 nitrogen and oxygen atoms in total. The van der Waals surface area contributed by atoms with Crippen molar-refractivity contribution in [1.82, 2.24) is 15.0 Å². The molecule has 2 N–H and O–H groups in total. The second-order valence-corrected chi connectivity index (χ2v) is 7.18. The van der Waals surface area contributed by atoms with Gasteiger partial charge in [-0.1, -0.05) is 29.3 Å². The van der Waals surface area contributed by atoms with Gasteiger partial charge in [-0.3, -0.25) is 0 Å². The molecule has 2 aromatic heterocycles. The maximum absolute atomic E-state index is 13.7. The predicted octanol–water partition coefficient (Wildman–Crippen LogP) is 4.83. The molecule has 4 rings (SSSR count). The molecule has 3 heterocycles. The number of aromatic amines is 1. The van der Waals surface area contributed by atoms with E-state index in [1.165, 1.54) is 6.07 Å². The molecular formula is C19H17Cl2FN4O. The van der Waals surface area contributed by atoms with Gasteiger partial charge in [0.1, 0.15) is 23.5 Å². The fourth-order valence-electron chi connectivity index (χ4n) is 3.05. The third-order valence-electron chi connectivity index (χ3n) is 4.48. The van der Waals surface area contributed by atoms with Crippen molar-refractivity contribution in [3.05, 3.63) is 74.7 Å². The Balaban J connectivity index is 1.75. The summed E-state index contributed by atoms with van der Waals surface area (Å²) in [4.78, 5) is 12.5. The van der Waals surface area contributed by atoms with E-state index in [-0.39, 0.29) is 11.1 Å². The van der Waals surface area contributed by atoms with Crippen LogP contribution in [0.2, 0.25) is 10.0 Å². The lowest BCUT2D eigenvalue weighted by molar-refractivity contribution is 0.107. The van der Waals surface area contributed by atoms with E-state index in [0.29, 0.717) is 35.6 Å². The van der Waals surface area contributed by atoms with Crippen LogP contribution < -0.4 is 5.32 Å². The van der Waals surface area contributed by atoms with E-state index in [0.717, 1.165) is 23.4 Å². The van der Waals surface area contributed by atoms with Crippen LogP contribution in [0.4, 0.5) is 10.2 Å². The number of rotatable bonds is 4. The highest BCUT2D eigenvalue weighted by Crippen LogP contribution is 2.29. The molecule has 0 fully saturated rings. The van der Waals surface area contributed by atoms with Crippen molar-refractivity contribution in [2.45, 2.75) is 26.0 Å². The fourth-order valence-corrected chi connectivity index (χ4v) is 3.34. The zero-order chi connectivity index (χ0) is 19.0. The van der Waals surface area contributed by atoms with E-state index >= 15 is 0 Å². The average Bonchev–Trinajstić information content (AvgIpc) is 3.09. The van der Waals surface area contributed by atoms with Gasteiger partial charge in [0.25, 0.3) is 0 Å². The minimum Gasteiger partial charge on any atom is -0.375 e. The third kappa shape index (κ3) is 3.78. The van der Waals surface area contributed by atoms with Gasteiger partial charge in [0.15, 0.2) is 0 Å². The second kappa shape index (κ2) is 7.46. The zero-order valence-electron chi connectivity index (χ0n) is 14.5. The SMILES string of the molecule is Cc1nc(NC(c2ccc(F)c(Cl)c2)c2nc3c([nH]2)COCC3)ccc1Cl. The molecule has 0 aliphatic carbocycles. The summed E-state index contributed by atoms with van der Waals surface area (Å²) in [5, 5.41) is 4.00. The molecule has 27 heavy (non-hydrogen) atoms. The number of halogens is 3. The molecule has 0 amide bonds. The van der Waals surface area contributed by atoms with Crippen molar-refractivity contribution in [2.24, 2.45) is 0 Å². The van der Waals surface area contributed by atoms with Gasteiger partial charge in [0.2, 0.25) is 0 Å². The highest BCUT2D eigenvalue weighted by Gasteiger charge is 2.23. The number of hydrogen-bond donors (Lipinski definition) is 2. The number of H-pyrrole nitrogens is 1. The lowest BCUT2D eigenvalue weighted by Crippen LogP contribution is -2.15. The molecular weight excluding hydrogens is 390 g/mol. The first-order valence-electron chi connectivity index (χ1n) is 8.51. The van der Waals surface area contributed by atoms with Crippen molar-refractivity contribution in [1.29, 1.82) is 0 Å². The minimum absolute atomic E-state index is 0.0548. The molecule has 0 bridgehead atoms. The van der Waals surface area contributed by atoms with Crippen LogP contribution >= 0.6 is 23.2 Å². The first-order chi connectivity index (χ1) is 13.0. The van der Waals surface area contributed by atoms with Crippen molar-refractivity contribution >= 4 is 29.0 Å². The quantitative estimate of drug-likeness (QED) is 0.650. The van der Waals surface area contributed by atoms with Gasteiger partial charge in [0, 0.05) is 6.42 Å². The Bertz CT molecular complexity index is 968. The van der Waals surface area contributed by atoms with Crippen molar-refractivity contribution in [3.8, 4) is 0 Å². The molecule has 1 unspecified atom stereocenters. The zero-order valence-corrected chi connectivity index (χ0v) is 16.0. The van der Waals surface area contributed by atoms with Crippen LogP contribution in [-0.4, -0.2) is 21.6 Å². The Hall–Kier alpha value is -2.15. The van der Waals surface area contributed by atoms with Crippen molar-refractivity contribution in [3.63, 3.8) is 0 Å². The van der Waals surface area contributed by atoms with Crippen molar-refractivity contribution in [2.75, 3.05) is 11.9 Å². The lowest BCUT2D eigenvalue weighted by atomic mass is 10.1. The number of anilines is 1. The molecule has 140 valence electrons. The molecule has 1 atom stereocenters. The van der Waals surface area contributed by atoms with Crippen molar-refractivity contribution < 1.29 is 9.13 Å². The standard InChI is InChI=1S/C19H17Cl2FN4O/c1-10-12(20)3-5-17(23-10)26-18(11-2-4-14(22)13(21)8-11)19-24-15-6-7-27-9-16(15)25-19/h2-5,8,18H,6-7,9H2,1H3,(H,23,26)(H,24,25). The highest BCUT2D eigenvalue weighted by atomic mass is 35.5. The lowest BCUT2D eigenvalue weighted by Gasteiger charge is -2.19. The second-order valence-electron chi connectivity index (χ2n) is 6.36. The Morgan fingerprint density at radius 1 is 1.19 bits per heavy atom. The van der Waals surface area contributed by atoms with Crippen LogP contribution in [0.1, 0.15) is 34.5 Å². The molecule has 1 aliphatic rings. The number of imidazole rings is 1. The molecule has 0 saturated heterocycles. The maximum atomic E-state index is 13.7. The number of aryl methyl sites for hydroxylation is 1. The summed E-state index contributed by atoms with van der Waals surface area (Å²) in [5.41, 5.74) is 3.42. The Morgan fingerprint density at radius 3 is 2.78 bits per heavy atom. The van der Waals surface area contributed by atoms with Crippen LogP contribution in [-0.2, 0) is 17.8 Å². The van der Waals surface area contributed by atoms with Gasteiger partial charge in [-0.15, -0.1) is 0 Å². The summed E-state index contributed by atoms with van der Waals surface area (Å²) in [6.07, 6.45) is 0.751. The van der Waals surface area contributed by atoms with Gasteiger partial charge in [-0.2, -0.15) is 0 Å². The monoisotopic (exact) mass is 406 g/mol. The van der Waals surface area contributed by atoms with Crippen LogP contribution in [0.25, 0.3) is 0 Å². The largest absolute Gasteiger partial charge is 0.375 e. The summed E-state index contributed by atoms with van der Waals surface area (Å²) >= 11 is 12.1. The maximum Gasteiger partial charge on any atom is 0.141 e. The van der Waals surface area contributed by atoms with E-state index in [2.05, 4.69) is 15.3 Å². The van der Waals surface area contributed by atoms with E-state index < -0.39 is 5.82 Å². The van der Waals surface area contributed by atoms with Gasteiger partial charge in [-0.05, 0) is 36.8 Å². The average molecular weight is 407 g/mol. The number of hydrogen-bond acceptors (Lipinski definition) is 4. The predicted molar refractivity (Wildman–Crippen MR) is 103 cm³/mol. The van der Waals surface area contributed by atoms with Crippen LogP contribution in [0.5, 0.6) is 0 Å². The summed E-state index contributed by atoms with van der Waals surface area (Å²) < 4.78 is 19.1. The third-order valence-corrected chi connectivity index (χ3v) is 5.17. The number of aromatic nitrogens is 3. The Kier molecular flexibility index (Phi) is 5.04. The summed E-state index contributed by atoms with van der Waals surface area (Å²) in [7, 11) is 0. The van der Waals surface area contributed by atoms with E-state index in [1.807, 2.05) is 6.92 Å². The molecule has 1 aromatic carbocycles. The molecule has 0 saturated carbocycles.